The second kappa shape index (κ2) is 7.30. The third-order valence-corrected chi connectivity index (χ3v) is 6.09. The fraction of sp³-hybridized carbons (Fsp3) is 0.526. The second-order valence-corrected chi connectivity index (χ2v) is 7.83. The molecule has 4 rings (SSSR count). The van der Waals surface area contributed by atoms with Gasteiger partial charge in [-0.3, -0.25) is 4.79 Å². The van der Waals surface area contributed by atoms with Crippen molar-refractivity contribution < 1.29 is 18.0 Å². The number of amides is 1. The van der Waals surface area contributed by atoms with Crippen molar-refractivity contribution in [3.05, 3.63) is 46.5 Å². The molecule has 1 amide bonds. The summed E-state index contributed by atoms with van der Waals surface area (Å²) in [5.41, 5.74) is 1.30. The molecule has 1 N–H and O–H groups in total. The average molecular weight is 397 g/mol. The maximum Gasteiger partial charge on any atom is 0.222 e. The van der Waals surface area contributed by atoms with Crippen LogP contribution in [-0.4, -0.2) is 40.8 Å². The fourth-order valence-electron chi connectivity index (χ4n) is 4.31. The number of allylic oxidation sites excluding steroid dienone is 2. The van der Waals surface area contributed by atoms with Crippen LogP contribution in [0.2, 0.25) is 0 Å². The van der Waals surface area contributed by atoms with Crippen molar-refractivity contribution >= 4 is 18.5 Å². The number of nitrogens with zero attached hydrogens (tertiary/aromatic N) is 2. The molecule has 0 unspecified atom stereocenters. The zero-order chi connectivity index (χ0) is 19.1. The number of halogens is 3. The fourth-order valence-corrected chi connectivity index (χ4v) is 4.70. The molecule has 3 heterocycles. The summed E-state index contributed by atoms with van der Waals surface area (Å²) in [6.45, 7) is 2.00. The van der Waals surface area contributed by atoms with E-state index in [-0.39, 0.29) is 17.0 Å². The van der Waals surface area contributed by atoms with Gasteiger partial charge in [-0.2, -0.15) is 0 Å². The van der Waals surface area contributed by atoms with E-state index in [1.165, 1.54) is 0 Å². The molecule has 27 heavy (non-hydrogen) atoms. The number of nitrogens with one attached hydrogen (secondary N) is 1. The highest BCUT2D eigenvalue weighted by atomic mass is 32.1. The predicted octanol–water partition coefficient (Wildman–Crippen LogP) is 3.32. The number of thiol groups is 1. The van der Waals surface area contributed by atoms with Gasteiger partial charge < -0.3 is 15.1 Å². The van der Waals surface area contributed by atoms with Crippen LogP contribution in [0.3, 0.4) is 0 Å². The average Bonchev–Trinajstić information content (AvgIpc) is 3.36. The summed E-state index contributed by atoms with van der Waals surface area (Å²) in [6, 6.07) is 1.78. The first-order valence-corrected chi connectivity index (χ1v) is 9.81. The van der Waals surface area contributed by atoms with Gasteiger partial charge in [-0.25, -0.2) is 13.2 Å². The Kier molecular flexibility index (Phi) is 5.01. The highest BCUT2D eigenvalue weighted by Crippen LogP contribution is 2.42. The molecule has 0 bridgehead atoms. The van der Waals surface area contributed by atoms with Crippen molar-refractivity contribution in [3.8, 4) is 0 Å². The van der Waals surface area contributed by atoms with Gasteiger partial charge >= 0.3 is 0 Å². The summed E-state index contributed by atoms with van der Waals surface area (Å²) in [5.74, 6) is -3.22. The number of carbonyl (C=O) groups is 1. The van der Waals surface area contributed by atoms with Crippen molar-refractivity contribution in [1.82, 2.24) is 15.1 Å². The van der Waals surface area contributed by atoms with Crippen LogP contribution in [0.1, 0.15) is 43.6 Å². The molecule has 8 heteroatoms. The zero-order valence-electron chi connectivity index (χ0n) is 14.9. The normalized spacial score (nSPS) is 24.6. The first-order chi connectivity index (χ1) is 13.0. The number of rotatable bonds is 4. The van der Waals surface area contributed by atoms with Crippen LogP contribution >= 0.6 is 12.6 Å². The number of benzene rings is 1. The van der Waals surface area contributed by atoms with Crippen molar-refractivity contribution in [1.29, 1.82) is 0 Å². The molecule has 0 saturated carbocycles. The number of fused-ring (bicyclic) bond motifs is 1. The summed E-state index contributed by atoms with van der Waals surface area (Å²) in [5, 5.41) is 3.25. The van der Waals surface area contributed by atoms with Crippen LogP contribution in [0.5, 0.6) is 0 Å². The predicted molar refractivity (Wildman–Crippen MR) is 98.4 cm³/mol. The van der Waals surface area contributed by atoms with Gasteiger partial charge in [0.05, 0.1) is 0 Å². The van der Waals surface area contributed by atoms with Crippen LogP contribution in [0.15, 0.2) is 23.5 Å². The highest BCUT2D eigenvalue weighted by Gasteiger charge is 2.40. The van der Waals surface area contributed by atoms with Crippen LogP contribution in [0.25, 0.3) is 0 Å². The van der Waals surface area contributed by atoms with Gasteiger partial charge in [0.1, 0.15) is 11.3 Å². The molecular weight excluding hydrogens is 375 g/mol. The van der Waals surface area contributed by atoms with E-state index in [4.69, 9.17) is 0 Å². The van der Waals surface area contributed by atoms with E-state index in [0.29, 0.717) is 25.8 Å². The minimum Gasteiger partial charge on any atom is -0.359 e. The third kappa shape index (κ3) is 3.39. The Bertz CT molecular complexity index is 795. The van der Waals surface area contributed by atoms with Crippen LogP contribution in [0, 0.1) is 17.5 Å². The van der Waals surface area contributed by atoms with Crippen LogP contribution in [0.4, 0.5) is 13.2 Å². The van der Waals surface area contributed by atoms with Crippen LogP contribution in [-0.2, 0) is 4.79 Å². The Morgan fingerprint density at radius 1 is 1.19 bits per heavy atom. The minimum absolute atomic E-state index is 0.133. The molecule has 0 aliphatic carbocycles. The lowest BCUT2D eigenvalue weighted by Crippen LogP contribution is -2.32. The van der Waals surface area contributed by atoms with Gasteiger partial charge in [0.25, 0.3) is 0 Å². The van der Waals surface area contributed by atoms with Gasteiger partial charge in [0.2, 0.25) is 5.91 Å². The van der Waals surface area contributed by atoms with E-state index in [1.807, 2.05) is 9.80 Å². The Morgan fingerprint density at radius 2 is 1.89 bits per heavy atom. The van der Waals surface area contributed by atoms with E-state index < -0.39 is 23.4 Å². The number of hydrogen-bond donors (Lipinski definition) is 2. The SMILES string of the molecule is O=C(CCC1=C2C[C@H](c3c(F)ccc(F)c3F)CN2[C@H](S)N1)N1CCCC1. The summed E-state index contributed by atoms with van der Waals surface area (Å²) in [4.78, 5) is 16.1. The summed E-state index contributed by atoms with van der Waals surface area (Å²) >= 11 is 4.50. The first kappa shape index (κ1) is 18.5. The van der Waals surface area contributed by atoms with E-state index in [2.05, 4.69) is 17.9 Å². The van der Waals surface area contributed by atoms with Crippen LogP contribution < -0.4 is 5.32 Å². The maximum absolute atomic E-state index is 14.2. The molecule has 2 fully saturated rings. The van der Waals surface area contributed by atoms with Gasteiger partial charge in [0, 0.05) is 48.9 Å². The molecule has 4 nitrogen and oxygen atoms in total. The van der Waals surface area contributed by atoms with E-state index in [1.54, 1.807) is 0 Å². The van der Waals surface area contributed by atoms with Crippen molar-refractivity contribution in [2.45, 2.75) is 43.5 Å². The number of carbonyl (C=O) groups excluding carboxylic acids is 1. The van der Waals surface area contributed by atoms with Gasteiger partial charge in [0.15, 0.2) is 11.6 Å². The van der Waals surface area contributed by atoms with E-state index >= 15 is 0 Å². The minimum atomic E-state index is -1.11. The van der Waals surface area contributed by atoms with E-state index in [0.717, 1.165) is 49.5 Å². The molecule has 0 aromatic heterocycles. The first-order valence-electron chi connectivity index (χ1n) is 9.30. The summed E-state index contributed by atoms with van der Waals surface area (Å²) < 4.78 is 41.9. The second-order valence-electron chi connectivity index (χ2n) is 7.34. The Balaban J connectivity index is 1.50. The number of hydrogen-bond acceptors (Lipinski definition) is 4. The molecule has 1 aromatic carbocycles. The molecule has 3 aliphatic heterocycles. The smallest absolute Gasteiger partial charge is 0.222 e. The van der Waals surface area contributed by atoms with E-state index in [9.17, 15) is 18.0 Å². The Hall–Kier alpha value is -1.83. The lowest BCUT2D eigenvalue weighted by atomic mass is 9.95. The molecule has 0 spiro atoms. The lowest BCUT2D eigenvalue weighted by Gasteiger charge is -2.21. The molecule has 2 atom stereocenters. The van der Waals surface area contributed by atoms with Crippen molar-refractivity contribution in [3.63, 3.8) is 0 Å². The van der Waals surface area contributed by atoms with Gasteiger partial charge in [-0.15, -0.1) is 12.6 Å². The Labute approximate surface area is 161 Å². The van der Waals surface area contributed by atoms with Gasteiger partial charge in [-0.05, 0) is 37.8 Å². The largest absolute Gasteiger partial charge is 0.359 e. The molecule has 0 radical (unpaired) electrons. The van der Waals surface area contributed by atoms with Crippen molar-refractivity contribution in [2.75, 3.05) is 19.6 Å². The maximum atomic E-state index is 14.2. The molecular formula is C19H22F3N3OS. The zero-order valence-corrected chi connectivity index (χ0v) is 15.7. The molecule has 2 saturated heterocycles. The third-order valence-electron chi connectivity index (χ3n) is 5.69. The van der Waals surface area contributed by atoms with Crippen molar-refractivity contribution in [2.24, 2.45) is 0 Å². The lowest BCUT2D eigenvalue weighted by molar-refractivity contribution is -0.130. The summed E-state index contributed by atoms with van der Waals surface area (Å²) in [7, 11) is 0. The topological polar surface area (TPSA) is 35.6 Å². The number of likely N-dealkylation sites (tertiary alicyclic amines) is 1. The monoisotopic (exact) mass is 397 g/mol. The molecule has 146 valence electrons. The van der Waals surface area contributed by atoms with Gasteiger partial charge in [-0.1, -0.05) is 0 Å². The highest BCUT2D eigenvalue weighted by molar-refractivity contribution is 7.80. The molecule has 1 aromatic rings. The summed E-state index contributed by atoms with van der Waals surface area (Å²) in [6.07, 6.45) is 3.44. The quantitative estimate of drug-likeness (QED) is 0.604. The standard InChI is InChI=1S/C19H22F3N3OS/c20-12-3-4-13(21)18(22)17(12)11-9-15-14(23-19(27)25(15)10-11)5-6-16(26)24-7-1-2-8-24/h3-4,11,19,23,27H,1-2,5-10H2/t11-,19+/m0/s1. The Morgan fingerprint density at radius 3 is 2.63 bits per heavy atom. The molecule has 3 aliphatic rings.